The van der Waals surface area contributed by atoms with E-state index in [9.17, 15) is 9.59 Å². The molecular formula is C14H25NO4. The average molecular weight is 271 g/mol. The molecular weight excluding hydrogens is 246 g/mol. The Morgan fingerprint density at radius 2 is 1.89 bits per heavy atom. The zero-order chi connectivity index (χ0) is 14.5. The van der Waals surface area contributed by atoms with Crippen LogP contribution in [0.4, 0.5) is 0 Å². The molecule has 1 aliphatic carbocycles. The minimum absolute atomic E-state index is 0.0172. The number of ether oxygens (including phenoxy) is 1. The number of carboxylic acid groups (broad SMARTS) is 1. The van der Waals surface area contributed by atoms with Crippen LogP contribution in [-0.2, 0) is 14.3 Å². The molecule has 0 unspecified atom stereocenters. The normalized spacial score (nSPS) is 18.3. The van der Waals surface area contributed by atoms with E-state index in [1.807, 2.05) is 0 Å². The lowest BCUT2D eigenvalue weighted by atomic mass is 9.81. The molecule has 1 amide bonds. The number of carboxylic acids is 1. The molecule has 0 aliphatic heterocycles. The fourth-order valence-corrected chi connectivity index (χ4v) is 2.50. The van der Waals surface area contributed by atoms with Gasteiger partial charge in [-0.15, -0.1) is 0 Å². The first kappa shape index (κ1) is 16.0. The third kappa shape index (κ3) is 3.93. The second-order valence-corrected chi connectivity index (χ2v) is 6.10. The number of methoxy groups -OCH3 is 1. The number of rotatable bonds is 7. The lowest BCUT2D eigenvalue weighted by Crippen LogP contribution is -2.45. The summed E-state index contributed by atoms with van der Waals surface area (Å²) in [7, 11) is 1.63. The number of amides is 1. The van der Waals surface area contributed by atoms with Gasteiger partial charge >= 0.3 is 5.97 Å². The molecule has 1 rings (SSSR count). The minimum atomic E-state index is -0.934. The van der Waals surface area contributed by atoms with Crippen molar-refractivity contribution in [1.29, 1.82) is 0 Å². The maximum Gasteiger partial charge on any atom is 0.310 e. The van der Waals surface area contributed by atoms with Crippen LogP contribution in [0, 0.1) is 10.8 Å². The van der Waals surface area contributed by atoms with Crippen LogP contribution < -0.4 is 5.32 Å². The fourth-order valence-electron chi connectivity index (χ4n) is 2.50. The molecule has 0 aromatic rings. The van der Waals surface area contributed by atoms with Gasteiger partial charge in [0.1, 0.15) is 0 Å². The number of hydrogen-bond acceptors (Lipinski definition) is 3. The van der Waals surface area contributed by atoms with Crippen LogP contribution in [0.15, 0.2) is 0 Å². The molecule has 110 valence electrons. The molecule has 1 aliphatic rings. The highest BCUT2D eigenvalue weighted by Crippen LogP contribution is 2.41. The Morgan fingerprint density at radius 1 is 1.32 bits per heavy atom. The van der Waals surface area contributed by atoms with Gasteiger partial charge in [-0.05, 0) is 33.1 Å². The Morgan fingerprint density at radius 3 is 2.37 bits per heavy atom. The molecule has 0 aromatic heterocycles. The van der Waals surface area contributed by atoms with Gasteiger partial charge in [-0.2, -0.15) is 0 Å². The van der Waals surface area contributed by atoms with Crippen molar-refractivity contribution in [2.75, 3.05) is 20.3 Å². The Hall–Kier alpha value is -1.10. The molecule has 1 fully saturated rings. The van der Waals surface area contributed by atoms with Crippen molar-refractivity contribution in [3.8, 4) is 0 Å². The van der Waals surface area contributed by atoms with Crippen LogP contribution in [0.3, 0.4) is 0 Å². The van der Waals surface area contributed by atoms with Crippen LogP contribution in [0.5, 0.6) is 0 Å². The maximum atomic E-state index is 12.4. The summed E-state index contributed by atoms with van der Waals surface area (Å²) in [6.45, 7) is 3.96. The monoisotopic (exact) mass is 271 g/mol. The zero-order valence-corrected chi connectivity index (χ0v) is 12.1. The predicted molar refractivity (Wildman–Crippen MR) is 71.8 cm³/mol. The maximum absolute atomic E-state index is 12.4. The quantitative estimate of drug-likeness (QED) is 0.740. The first-order valence-electron chi connectivity index (χ1n) is 6.85. The van der Waals surface area contributed by atoms with Gasteiger partial charge in [0.25, 0.3) is 0 Å². The van der Waals surface area contributed by atoms with Gasteiger partial charge < -0.3 is 15.2 Å². The summed E-state index contributed by atoms with van der Waals surface area (Å²) in [5, 5.41) is 11.9. The number of carbonyl (C=O) groups is 2. The van der Waals surface area contributed by atoms with Crippen LogP contribution in [-0.4, -0.2) is 37.2 Å². The largest absolute Gasteiger partial charge is 0.481 e. The summed E-state index contributed by atoms with van der Waals surface area (Å²) in [5.74, 6) is -0.915. The van der Waals surface area contributed by atoms with Gasteiger partial charge in [-0.3, -0.25) is 9.59 Å². The number of carbonyl (C=O) groups excluding carboxylic acids is 1. The van der Waals surface area contributed by atoms with E-state index < -0.39 is 11.4 Å². The van der Waals surface area contributed by atoms with Gasteiger partial charge in [-0.25, -0.2) is 0 Å². The summed E-state index contributed by atoms with van der Waals surface area (Å²) in [5.41, 5.74) is -1.29. The minimum Gasteiger partial charge on any atom is -0.481 e. The van der Waals surface area contributed by atoms with Gasteiger partial charge in [0.05, 0.1) is 10.8 Å². The summed E-state index contributed by atoms with van der Waals surface area (Å²) >= 11 is 0. The third-order valence-electron chi connectivity index (χ3n) is 4.10. The standard InChI is InChI=1S/C14H25NO4/c1-13(2,12(17)18)10-15-11(16)14(8-9-19-3)6-4-5-7-14/h4-10H2,1-3H3,(H,15,16)(H,17,18). The van der Waals surface area contributed by atoms with Crippen LogP contribution in [0.1, 0.15) is 46.0 Å². The molecule has 5 nitrogen and oxygen atoms in total. The highest BCUT2D eigenvalue weighted by molar-refractivity contribution is 5.84. The summed E-state index contributed by atoms with van der Waals surface area (Å²) in [6, 6.07) is 0. The molecule has 0 heterocycles. The number of hydrogen-bond donors (Lipinski definition) is 2. The fraction of sp³-hybridized carbons (Fsp3) is 0.857. The van der Waals surface area contributed by atoms with Crippen LogP contribution in [0.2, 0.25) is 0 Å². The number of aliphatic carboxylic acids is 1. The first-order chi connectivity index (χ1) is 8.84. The van der Waals surface area contributed by atoms with Gasteiger partial charge in [0.15, 0.2) is 0 Å². The van der Waals surface area contributed by atoms with E-state index >= 15 is 0 Å². The summed E-state index contributed by atoms with van der Waals surface area (Å²) in [6.07, 6.45) is 4.56. The Kier molecular flexibility index (Phi) is 5.35. The second kappa shape index (κ2) is 6.37. The molecule has 0 atom stereocenters. The van der Waals surface area contributed by atoms with E-state index in [0.29, 0.717) is 13.0 Å². The zero-order valence-electron chi connectivity index (χ0n) is 12.1. The summed E-state index contributed by atoms with van der Waals surface area (Å²) < 4.78 is 5.09. The summed E-state index contributed by atoms with van der Waals surface area (Å²) in [4.78, 5) is 23.4. The topological polar surface area (TPSA) is 75.6 Å². The van der Waals surface area contributed by atoms with Crippen molar-refractivity contribution in [2.24, 2.45) is 10.8 Å². The van der Waals surface area contributed by atoms with Crippen molar-refractivity contribution in [3.63, 3.8) is 0 Å². The van der Waals surface area contributed by atoms with Gasteiger partial charge in [0.2, 0.25) is 5.91 Å². The highest BCUT2D eigenvalue weighted by atomic mass is 16.5. The van der Waals surface area contributed by atoms with Crippen molar-refractivity contribution in [3.05, 3.63) is 0 Å². The van der Waals surface area contributed by atoms with E-state index in [4.69, 9.17) is 9.84 Å². The van der Waals surface area contributed by atoms with Crippen molar-refractivity contribution >= 4 is 11.9 Å². The van der Waals surface area contributed by atoms with Crippen molar-refractivity contribution < 1.29 is 19.4 Å². The molecule has 0 saturated heterocycles. The van der Waals surface area contributed by atoms with E-state index in [1.54, 1.807) is 21.0 Å². The number of nitrogens with one attached hydrogen (secondary N) is 1. The highest BCUT2D eigenvalue weighted by Gasteiger charge is 2.41. The first-order valence-corrected chi connectivity index (χ1v) is 6.85. The SMILES string of the molecule is COCCC1(C(=O)NCC(C)(C)C(=O)O)CCCC1. The molecule has 0 radical (unpaired) electrons. The molecule has 5 heteroatoms. The van der Waals surface area contributed by atoms with Crippen LogP contribution in [0.25, 0.3) is 0 Å². The van der Waals surface area contributed by atoms with E-state index in [1.165, 1.54) is 0 Å². The lowest BCUT2D eigenvalue weighted by molar-refractivity contribution is -0.147. The lowest BCUT2D eigenvalue weighted by Gasteiger charge is -2.29. The van der Waals surface area contributed by atoms with E-state index in [2.05, 4.69) is 5.32 Å². The van der Waals surface area contributed by atoms with Gasteiger partial charge in [0, 0.05) is 20.3 Å². The molecule has 1 saturated carbocycles. The van der Waals surface area contributed by atoms with Gasteiger partial charge in [-0.1, -0.05) is 12.8 Å². The second-order valence-electron chi connectivity index (χ2n) is 6.10. The molecule has 0 aromatic carbocycles. The van der Waals surface area contributed by atoms with Crippen molar-refractivity contribution in [1.82, 2.24) is 5.32 Å². The molecule has 2 N–H and O–H groups in total. The Balaban J connectivity index is 2.61. The van der Waals surface area contributed by atoms with E-state index in [0.717, 1.165) is 25.7 Å². The van der Waals surface area contributed by atoms with Crippen molar-refractivity contribution in [2.45, 2.75) is 46.0 Å². The smallest absolute Gasteiger partial charge is 0.310 e. The van der Waals surface area contributed by atoms with Crippen LogP contribution >= 0.6 is 0 Å². The Bertz CT molecular complexity index is 332. The molecule has 0 spiro atoms. The third-order valence-corrected chi connectivity index (χ3v) is 4.10. The molecule has 0 bridgehead atoms. The molecule has 19 heavy (non-hydrogen) atoms. The predicted octanol–water partition coefficient (Wildman–Crippen LogP) is 1.81. The van der Waals surface area contributed by atoms with E-state index in [-0.39, 0.29) is 17.9 Å². The Labute approximate surface area is 114 Å². The average Bonchev–Trinajstić information content (AvgIpc) is 2.83.